The summed E-state index contributed by atoms with van der Waals surface area (Å²) < 4.78 is 10.2. The van der Waals surface area contributed by atoms with Gasteiger partial charge in [0, 0.05) is 25.1 Å². The number of hydrogen-bond donors (Lipinski definition) is 1. The predicted octanol–water partition coefficient (Wildman–Crippen LogP) is 3.16. The van der Waals surface area contributed by atoms with Gasteiger partial charge in [-0.15, -0.1) is 0 Å². The maximum atomic E-state index is 12.1. The first kappa shape index (κ1) is 16.5. The number of methoxy groups -OCH3 is 1. The van der Waals surface area contributed by atoms with Crippen LogP contribution in [0, 0.1) is 6.92 Å². The van der Waals surface area contributed by atoms with Gasteiger partial charge in [-0.1, -0.05) is 17.3 Å². The van der Waals surface area contributed by atoms with Crippen LogP contribution in [-0.2, 0) is 4.79 Å². The smallest absolute Gasteiger partial charge is 0.226 e. The molecule has 1 unspecified atom stereocenters. The van der Waals surface area contributed by atoms with E-state index < -0.39 is 0 Å². The van der Waals surface area contributed by atoms with Crippen LogP contribution < -0.4 is 10.1 Å². The summed E-state index contributed by atoms with van der Waals surface area (Å²) in [5, 5.41) is 6.55. The average molecular weight is 329 g/mol. The molecule has 0 radical (unpaired) electrons. The molecule has 1 saturated heterocycles. The van der Waals surface area contributed by atoms with E-state index in [4.69, 9.17) is 9.26 Å². The number of benzene rings is 1. The van der Waals surface area contributed by atoms with E-state index in [2.05, 4.69) is 27.5 Å². The van der Waals surface area contributed by atoms with Gasteiger partial charge < -0.3 is 14.6 Å². The van der Waals surface area contributed by atoms with Crippen molar-refractivity contribution in [1.29, 1.82) is 0 Å². The number of amides is 1. The monoisotopic (exact) mass is 329 g/mol. The van der Waals surface area contributed by atoms with Gasteiger partial charge in [0.2, 0.25) is 5.91 Å². The highest BCUT2D eigenvalue weighted by Crippen LogP contribution is 2.32. The summed E-state index contributed by atoms with van der Waals surface area (Å²) >= 11 is 0. The molecule has 128 valence electrons. The number of aromatic nitrogens is 1. The zero-order chi connectivity index (χ0) is 16.9. The van der Waals surface area contributed by atoms with Gasteiger partial charge in [0.15, 0.2) is 5.82 Å². The van der Waals surface area contributed by atoms with Gasteiger partial charge in [0.1, 0.15) is 11.5 Å². The lowest BCUT2D eigenvalue weighted by Crippen LogP contribution is -2.27. The van der Waals surface area contributed by atoms with Gasteiger partial charge in [-0.2, -0.15) is 0 Å². The maximum Gasteiger partial charge on any atom is 0.226 e. The number of ether oxygens (including phenoxy) is 1. The van der Waals surface area contributed by atoms with Crippen molar-refractivity contribution in [2.75, 3.05) is 25.5 Å². The molecule has 2 heterocycles. The standard InChI is InChI=1S/C18H23N3O3/c1-13-12-17(20-24-13)19-18(22)9-11-21-10-3-4-16(21)14-5-7-15(23-2)8-6-14/h5-8,12,16H,3-4,9-11H2,1-2H3,(H,19,20,22). The molecule has 1 amide bonds. The van der Waals surface area contributed by atoms with Gasteiger partial charge in [-0.05, 0) is 44.0 Å². The molecule has 1 aromatic carbocycles. The van der Waals surface area contributed by atoms with Crippen LogP contribution in [-0.4, -0.2) is 36.2 Å². The summed E-state index contributed by atoms with van der Waals surface area (Å²) in [5.74, 6) is 1.99. The summed E-state index contributed by atoms with van der Waals surface area (Å²) in [7, 11) is 1.67. The maximum absolute atomic E-state index is 12.1. The van der Waals surface area contributed by atoms with Gasteiger partial charge in [0.25, 0.3) is 0 Å². The highest BCUT2D eigenvalue weighted by Gasteiger charge is 2.26. The SMILES string of the molecule is COc1ccc(C2CCCN2CCC(=O)Nc2cc(C)on2)cc1. The number of carbonyl (C=O) groups is 1. The molecule has 6 heteroatoms. The van der Waals surface area contributed by atoms with Crippen LogP contribution in [0.5, 0.6) is 5.75 Å². The summed E-state index contributed by atoms with van der Waals surface area (Å²) in [6.45, 7) is 3.55. The van der Waals surface area contributed by atoms with Crippen LogP contribution in [0.15, 0.2) is 34.9 Å². The quantitative estimate of drug-likeness (QED) is 0.882. The molecule has 1 N–H and O–H groups in total. The summed E-state index contributed by atoms with van der Waals surface area (Å²) in [4.78, 5) is 14.4. The topological polar surface area (TPSA) is 67.6 Å². The fourth-order valence-corrected chi connectivity index (χ4v) is 3.17. The molecule has 0 saturated carbocycles. The van der Waals surface area contributed by atoms with Crippen molar-refractivity contribution in [3.8, 4) is 5.75 Å². The Labute approximate surface area is 141 Å². The first-order valence-electron chi connectivity index (χ1n) is 8.27. The number of aryl methyl sites for hydroxylation is 1. The second-order valence-electron chi connectivity index (χ2n) is 6.09. The Morgan fingerprint density at radius 3 is 2.88 bits per heavy atom. The molecule has 1 aliphatic heterocycles. The fraction of sp³-hybridized carbons (Fsp3) is 0.444. The number of hydrogen-bond acceptors (Lipinski definition) is 5. The van der Waals surface area contributed by atoms with Crippen molar-refractivity contribution in [1.82, 2.24) is 10.1 Å². The Hall–Kier alpha value is -2.34. The second kappa shape index (κ2) is 7.49. The van der Waals surface area contributed by atoms with Crippen molar-refractivity contribution in [3.05, 3.63) is 41.7 Å². The van der Waals surface area contributed by atoms with Gasteiger partial charge in [-0.25, -0.2) is 0 Å². The van der Waals surface area contributed by atoms with E-state index in [9.17, 15) is 4.79 Å². The minimum Gasteiger partial charge on any atom is -0.497 e. The minimum atomic E-state index is -0.0383. The molecule has 1 fully saturated rings. The fourth-order valence-electron chi connectivity index (χ4n) is 3.17. The second-order valence-corrected chi connectivity index (χ2v) is 6.09. The van der Waals surface area contributed by atoms with Crippen molar-refractivity contribution in [2.24, 2.45) is 0 Å². The number of rotatable bonds is 6. The van der Waals surface area contributed by atoms with Crippen LogP contribution in [0.4, 0.5) is 5.82 Å². The number of carbonyl (C=O) groups excluding carboxylic acids is 1. The number of anilines is 1. The van der Waals surface area contributed by atoms with E-state index in [1.165, 1.54) is 5.56 Å². The molecule has 1 aromatic heterocycles. The largest absolute Gasteiger partial charge is 0.497 e. The molecule has 0 aliphatic carbocycles. The Balaban J connectivity index is 1.54. The molecule has 2 aromatic rings. The third-order valence-corrected chi connectivity index (χ3v) is 4.39. The minimum absolute atomic E-state index is 0.0383. The zero-order valence-electron chi connectivity index (χ0n) is 14.1. The third kappa shape index (κ3) is 3.94. The molecule has 24 heavy (non-hydrogen) atoms. The Kier molecular flexibility index (Phi) is 5.15. The Morgan fingerprint density at radius 1 is 1.42 bits per heavy atom. The van der Waals surface area contributed by atoms with Gasteiger partial charge in [-0.3, -0.25) is 9.69 Å². The van der Waals surface area contributed by atoms with E-state index in [1.54, 1.807) is 20.1 Å². The Bertz CT molecular complexity index is 681. The molecule has 6 nitrogen and oxygen atoms in total. The molecule has 3 rings (SSSR count). The number of nitrogens with one attached hydrogen (secondary N) is 1. The predicted molar refractivity (Wildman–Crippen MR) is 91.0 cm³/mol. The molecule has 1 atom stereocenters. The van der Waals surface area contributed by atoms with Crippen molar-refractivity contribution in [3.63, 3.8) is 0 Å². The van der Waals surface area contributed by atoms with Crippen molar-refractivity contribution >= 4 is 11.7 Å². The molecular weight excluding hydrogens is 306 g/mol. The summed E-state index contributed by atoms with van der Waals surface area (Å²) in [6, 6.07) is 10.3. The number of likely N-dealkylation sites (tertiary alicyclic amines) is 1. The van der Waals surface area contributed by atoms with Crippen LogP contribution in [0.25, 0.3) is 0 Å². The average Bonchev–Trinajstić information content (AvgIpc) is 3.22. The highest BCUT2D eigenvalue weighted by atomic mass is 16.5. The van der Waals surface area contributed by atoms with Crippen LogP contribution in [0.1, 0.15) is 36.6 Å². The molecular formula is C18H23N3O3. The van der Waals surface area contributed by atoms with Crippen LogP contribution in [0.2, 0.25) is 0 Å². The lowest BCUT2D eigenvalue weighted by molar-refractivity contribution is -0.116. The van der Waals surface area contributed by atoms with Crippen LogP contribution in [0.3, 0.4) is 0 Å². The normalized spacial score (nSPS) is 17.8. The Morgan fingerprint density at radius 2 is 2.21 bits per heavy atom. The van der Waals surface area contributed by atoms with Crippen LogP contribution >= 0.6 is 0 Å². The molecule has 0 spiro atoms. The lowest BCUT2D eigenvalue weighted by atomic mass is 10.0. The molecule has 0 bridgehead atoms. The van der Waals surface area contributed by atoms with E-state index in [0.717, 1.165) is 31.7 Å². The summed E-state index contributed by atoms with van der Waals surface area (Å²) in [6.07, 6.45) is 2.72. The summed E-state index contributed by atoms with van der Waals surface area (Å²) in [5.41, 5.74) is 1.28. The zero-order valence-corrected chi connectivity index (χ0v) is 14.1. The first-order chi connectivity index (χ1) is 11.7. The van der Waals surface area contributed by atoms with Gasteiger partial charge >= 0.3 is 0 Å². The van der Waals surface area contributed by atoms with E-state index >= 15 is 0 Å². The van der Waals surface area contributed by atoms with E-state index in [0.29, 0.717) is 24.0 Å². The van der Waals surface area contributed by atoms with Gasteiger partial charge in [0.05, 0.1) is 7.11 Å². The van der Waals surface area contributed by atoms with Crippen molar-refractivity contribution in [2.45, 2.75) is 32.2 Å². The highest BCUT2D eigenvalue weighted by molar-refractivity contribution is 5.89. The van der Waals surface area contributed by atoms with E-state index in [1.807, 2.05) is 12.1 Å². The van der Waals surface area contributed by atoms with E-state index in [-0.39, 0.29) is 5.91 Å². The first-order valence-corrected chi connectivity index (χ1v) is 8.27. The van der Waals surface area contributed by atoms with Crippen molar-refractivity contribution < 1.29 is 14.1 Å². The lowest BCUT2D eigenvalue weighted by Gasteiger charge is -2.24. The number of nitrogens with zero attached hydrogens (tertiary/aromatic N) is 2. The molecule has 1 aliphatic rings. The third-order valence-electron chi connectivity index (χ3n) is 4.39.